The van der Waals surface area contributed by atoms with Crippen LogP contribution in [0.1, 0.15) is 0 Å². The maximum absolute atomic E-state index is 5.40. The summed E-state index contributed by atoms with van der Waals surface area (Å²) in [6, 6.07) is 6.54. The summed E-state index contributed by atoms with van der Waals surface area (Å²) in [5, 5.41) is 5.88. The van der Waals surface area contributed by atoms with Crippen molar-refractivity contribution < 1.29 is 4.74 Å². The number of rotatable bonds is 4. The Morgan fingerprint density at radius 2 is 2.05 bits per heavy atom. The van der Waals surface area contributed by atoms with Crippen molar-refractivity contribution in [3.05, 3.63) is 24.4 Å². The molecule has 20 heavy (non-hydrogen) atoms. The van der Waals surface area contributed by atoms with Gasteiger partial charge in [0.05, 0.1) is 25.3 Å². The van der Waals surface area contributed by atoms with Gasteiger partial charge < -0.3 is 14.5 Å². The van der Waals surface area contributed by atoms with Crippen LogP contribution in [-0.4, -0.2) is 61.6 Å². The molecule has 2 heterocycles. The molecule has 1 fully saturated rings. The minimum atomic E-state index is 0.815. The van der Waals surface area contributed by atoms with Gasteiger partial charge in [-0.1, -0.05) is 0 Å². The number of hydrogen-bond acceptors (Lipinski definition) is 4. The van der Waals surface area contributed by atoms with Crippen molar-refractivity contribution >= 4 is 16.6 Å². The van der Waals surface area contributed by atoms with Crippen LogP contribution in [0.4, 0.5) is 5.69 Å². The predicted molar refractivity (Wildman–Crippen MR) is 81.3 cm³/mol. The van der Waals surface area contributed by atoms with E-state index in [0.717, 1.165) is 44.9 Å². The SMILES string of the molecule is CN(C)CCn1cc2ccc(N3CCOCC3)cc2n1. The lowest BCUT2D eigenvalue weighted by atomic mass is 10.2. The van der Waals surface area contributed by atoms with Gasteiger partial charge in [0.1, 0.15) is 0 Å². The van der Waals surface area contributed by atoms with Crippen LogP contribution >= 0.6 is 0 Å². The number of aromatic nitrogens is 2. The first-order chi connectivity index (χ1) is 9.72. The molecule has 1 aliphatic rings. The van der Waals surface area contributed by atoms with E-state index in [1.807, 2.05) is 4.68 Å². The molecule has 3 rings (SSSR count). The number of morpholine rings is 1. The standard InChI is InChI=1S/C15H22N4O/c1-17(2)5-6-19-12-13-3-4-14(11-15(13)16-19)18-7-9-20-10-8-18/h3-4,11-12H,5-10H2,1-2H3. The average Bonchev–Trinajstić information content (AvgIpc) is 2.88. The second-order valence-electron chi connectivity index (χ2n) is 5.54. The largest absolute Gasteiger partial charge is 0.378 e. The van der Waals surface area contributed by atoms with Crippen molar-refractivity contribution in [3.8, 4) is 0 Å². The summed E-state index contributed by atoms with van der Waals surface area (Å²) >= 11 is 0. The van der Waals surface area contributed by atoms with E-state index >= 15 is 0 Å². The Labute approximate surface area is 119 Å². The first-order valence-electron chi connectivity index (χ1n) is 7.17. The second kappa shape index (κ2) is 5.81. The van der Waals surface area contributed by atoms with Gasteiger partial charge in [0.2, 0.25) is 0 Å². The summed E-state index contributed by atoms with van der Waals surface area (Å²) in [6.07, 6.45) is 2.13. The van der Waals surface area contributed by atoms with Gasteiger partial charge in [-0.25, -0.2) is 0 Å². The van der Waals surface area contributed by atoms with E-state index in [-0.39, 0.29) is 0 Å². The van der Waals surface area contributed by atoms with Crippen molar-refractivity contribution in [3.63, 3.8) is 0 Å². The van der Waals surface area contributed by atoms with Gasteiger partial charge in [0.25, 0.3) is 0 Å². The quantitative estimate of drug-likeness (QED) is 0.844. The number of benzene rings is 1. The van der Waals surface area contributed by atoms with Crippen LogP contribution in [0.2, 0.25) is 0 Å². The first-order valence-corrected chi connectivity index (χ1v) is 7.17. The topological polar surface area (TPSA) is 33.5 Å². The van der Waals surface area contributed by atoms with Crippen molar-refractivity contribution in [1.82, 2.24) is 14.7 Å². The smallest absolute Gasteiger partial charge is 0.0943 e. The van der Waals surface area contributed by atoms with Gasteiger partial charge in [0, 0.05) is 36.9 Å². The molecule has 0 N–H and O–H groups in total. The van der Waals surface area contributed by atoms with E-state index < -0.39 is 0 Å². The van der Waals surface area contributed by atoms with Gasteiger partial charge >= 0.3 is 0 Å². The molecular weight excluding hydrogens is 252 g/mol. The van der Waals surface area contributed by atoms with E-state index in [1.54, 1.807) is 0 Å². The minimum absolute atomic E-state index is 0.815. The Bertz CT molecular complexity index is 572. The van der Waals surface area contributed by atoms with Gasteiger partial charge in [-0.2, -0.15) is 5.10 Å². The minimum Gasteiger partial charge on any atom is -0.378 e. The molecule has 1 aromatic heterocycles. The number of anilines is 1. The predicted octanol–water partition coefficient (Wildman–Crippen LogP) is 1.43. The van der Waals surface area contributed by atoms with Crippen LogP contribution < -0.4 is 4.90 Å². The molecule has 0 atom stereocenters. The maximum atomic E-state index is 5.40. The molecule has 5 heteroatoms. The molecule has 0 saturated carbocycles. The van der Waals surface area contributed by atoms with E-state index in [4.69, 9.17) is 4.74 Å². The second-order valence-corrected chi connectivity index (χ2v) is 5.54. The molecule has 0 spiro atoms. The van der Waals surface area contributed by atoms with Crippen LogP contribution in [0.15, 0.2) is 24.4 Å². The van der Waals surface area contributed by atoms with Gasteiger partial charge in [-0.3, -0.25) is 4.68 Å². The van der Waals surface area contributed by atoms with E-state index in [1.165, 1.54) is 11.1 Å². The van der Waals surface area contributed by atoms with Crippen LogP contribution in [0.5, 0.6) is 0 Å². The molecule has 0 radical (unpaired) electrons. The number of fused-ring (bicyclic) bond motifs is 1. The van der Waals surface area contributed by atoms with Gasteiger partial charge in [-0.05, 0) is 32.3 Å². The van der Waals surface area contributed by atoms with E-state index in [0.29, 0.717) is 0 Å². The third-order valence-corrected chi connectivity index (χ3v) is 3.69. The van der Waals surface area contributed by atoms with Crippen molar-refractivity contribution in [2.45, 2.75) is 6.54 Å². The zero-order chi connectivity index (χ0) is 13.9. The monoisotopic (exact) mass is 274 g/mol. The van der Waals surface area contributed by atoms with E-state index in [2.05, 4.69) is 53.4 Å². The molecular formula is C15H22N4O. The normalized spacial score (nSPS) is 16.2. The molecule has 1 saturated heterocycles. The maximum Gasteiger partial charge on any atom is 0.0943 e. The zero-order valence-corrected chi connectivity index (χ0v) is 12.2. The van der Waals surface area contributed by atoms with Crippen molar-refractivity contribution in [1.29, 1.82) is 0 Å². The zero-order valence-electron chi connectivity index (χ0n) is 12.2. The van der Waals surface area contributed by atoms with Crippen molar-refractivity contribution in [2.75, 3.05) is 51.8 Å². The number of nitrogens with zero attached hydrogens (tertiary/aromatic N) is 4. The lowest BCUT2D eigenvalue weighted by Gasteiger charge is -2.28. The fourth-order valence-electron chi connectivity index (χ4n) is 2.49. The fraction of sp³-hybridized carbons (Fsp3) is 0.533. The summed E-state index contributed by atoms with van der Waals surface area (Å²) in [4.78, 5) is 4.54. The number of hydrogen-bond donors (Lipinski definition) is 0. The molecule has 1 aromatic carbocycles. The van der Waals surface area contributed by atoms with Crippen LogP contribution in [0.25, 0.3) is 10.9 Å². The number of likely N-dealkylation sites (N-methyl/N-ethyl adjacent to an activating group) is 1. The molecule has 0 aliphatic carbocycles. The highest BCUT2D eigenvalue weighted by atomic mass is 16.5. The summed E-state index contributed by atoms with van der Waals surface area (Å²) in [5.74, 6) is 0. The highest BCUT2D eigenvalue weighted by Crippen LogP contribution is 2.22. The van der Waals surface area contributed by atoms with E-state index in [9.17, 15) is 0 Å². The summed E-state index contributed by atoms with van der Waals surface area (Å²) in [5.41, 5.74) is 2.33. The summed E-state index contributed by atoms with van der Waals surface area (Å²) in [6.45, 7) is 5.49. The fourth-order valence-corrected chi connectivity index (χ4v) is 2.49. The molecule has 2 aromatic rings. The molecule has 0 amide bonds. The number of ether oxygens (including phenoxy) is 1. The first kappa shape index (κ1) is 13.4. The Morgan fingerprint density at radius 1 is 1.25 bits per heavy atom. The van der Waals surface area contributed by atoms with Crippen LogP contribution in [0.3, 0.4) is 0 Å². The molecule has 0 unspecified atom stereocenters. The average molecular weight is 274 g/mol. The Hall–Kier alpha value is -1.59. The lowest BCUT2D eigenvalue weighted by Crippen LogP contribution is -2.36. The van der Waals surface area contributed by atoms with Crippen LogP contribution in [-0.2, 0) is 11.3 Å². The summed E-state index contributed by atoms with van der Waals surface area (Å²) in [7, 11) is 4.17. The molecule has 108 valence electrons. The van der Waals surface area contributed by atoms with Gasteiger partial charge in [0.15, 0.2) is 0 Å². The highest BCUT2D eigenvalue weighted by molar-refractivity contribution is 5.82. The van der Waals surface area contributed by atoms with Crippen LogP contribution in [0, 0.1) is 0 Å². The Kier molecular flexibility index (Phi) is 3.89. The third kappa shape index (κ3) is 2.94. The third-order valence-electron chi connectivity index (χ3n) is 3.69. The lowest BCUT2D eigenvalue weighted by molar-refractivity contribution is 0.122. The Morgan fingerprint density at radius 3 is 2.80 bits per heavy atom. The molecule has 0 bridgehead atoms. The van der Waals surface area contributed by atoms with Gasteiger partial charge in [-0.15, -0.1) is 0 Å². The summed E-state index contributed by atoms with van der Waals surface area (Å²) < 4.78 is 7.44. The highest BCUT2D eigenvalue weighted by Gasteiger charge is 2.12. The molecule has 5 nitrogen and oxygen atoms in total. The Balaban J connectivity index is 1.79. The van der Waals surface area contributed by atoms with Crippen molar-refractivity contribution in [2.24, 2.45) is 0 Å². The molecule has 1 aliphatic heterocycles.